The SMILES string of the molecule is C/C=C(/Nc1ccc2c(c1)OCCO2)N(CCOC(=O)Nc1ccc2c(c1)OCCO2)Cc1ccc(C(=O)Nc2ccccc2N)nc1. The average Bonchev–Trinajstić information content (AvgIpc) is 3.11. The van der Waals surface area contributed by atoms with E-state index in [-0.39, 0.29) is 18.2 Å². The first-order valence-electron chi connectivity index (χ1n) is 15.5. The van der Waals surface area contributed by atoms with Gasteiger partial charge in [-0.1, -0.05) is 18.2 Å². The minimum atomic E-state index is -0.607. The van der Waals surface area contributed by atoms with Gasteiger partial charge in [-0.2, -0.15) is 0 Å². The second-order valence-electron chi connectivity index (χ2n) is 10.8. The minimum absolute atomic E-state index is 0.0724. The Bertz CT molecular complexity index is 1800. The van der Waals surface area contributed by atoms with Gasteiger partial charge in [0.2, 0.25) is 0 Å². The number of allylic oxidation sites excluding steroid dienone is 1. The lowest BCUT2D eigenvalue weighted by Gasteiger charge is -2.28. The summed E-state index contributed by atoms with van der Waals surface area (Å²) in [5.41, 5.74) is 9.34. The van der Waals surface area contributed by atoms with Gasteiger partial charge in [0.1, 0.15) is 44.5 Å². The Morgan fingerprint density at radius 3 is 2.10 bits per heavy atom. The van der Waals surface area contributed by atoms with E-state index in [4.69, 9.17) is 29.4 Å². The van der Waals surface area contributed by atoms with E-state index < -0.39 is 6.09 Å². The molecule has 0 atom stereocenters. The van der Waals surface area contributed by atoms with Gasteiger partial charge in [-0.15, -0.1) is 0 Å². The summed E-state index contributed by atoms with van der Waals surface area (Å²) >= 11 is 0. The number of rotatable bonds is 11. The summed E-state index contributed by atoms with van der Waals surface area (Å²) in [5.74, 6) is 2.92. The molecule has 0 saturated heterocycles. The lowest BCUT2D eigenvalue weighted by Crippen LogP contribution is -2.31. The molecular weight excluding hydrogens is 616 g/mol. The smallest absolute Gasteiger partial charge is 0.411 e. The molecule has 0 unspecified atom stereocenters. The van der Waals surface area contributed by atoms with E-state index >= 15 is 0 Å². The largest absolute Gasteiger partial charge is 0.486 e. The van der Waals surface area contributed by atoms with Gasteiger partial charge in [0.15, 0.2) is 23.0 Å². The van der Waals surface area contributed by atoms with Crippen molar-refractivity contribution >= 4 is 34.7 Å². The highest BCUT2D eigenvalue weighted by atomic mass is 16.6. The molecule has 48 heavy (non-hydrogen) atoms. The zero-order valence-corrected chi connectivity index (χ0v) is 26.4. The summed E-state index contributed by atoms with van der Waals surface area (Å²) in [6, 6.07) is 21.3. The topological polar surface area (TPSA) is 159 Å². The highest BCUT2D eigenvalue weighted by molar-refractivity contribution is 6.04. The predicted octanol–water partition coefficient (Wildman–Crippen LogP) is 5.48. The Balaban J connectivity index is 1.13. The average molecular weight is 653 g/mol. The molecule has 5 N–H and O–H groups in total. The van der Waals surface area contributed by atoms with Crippen LogP contribution in [0.4, 0.5) is 27.5 Å². The fraction of sp³-hybridized carbons (Fsp3) is 0.229. The molecule has 0 saturated carbocycles. The number of nitrogens with two attached hydrogens (primary N) is 1. The van der Waals surface area contributed by atoms with Crippen LogP contribution < -0.4 is 40.6 Å². The van der Waals surface area contributed by atoms with Gasteiger partial charge in [-0.05, 0) is 61.0 Å². The van der Waals surface area contributed by atoms with Crippen LogP contribution in [0.5, 0.6) is 23.0 Å². The second-order valence-corrected chi connectivity index (χ2v) is 10.8. The Kier molecular flexibility index (Phi) is 9.95. The summed E-state index contributed by atoms with van der Waals surface area (Å²) in [5, 5.41) is 8.97. The molecule has 0 fully saturated rings. The first-order valence-corrected chi connectivity index (χ1v) is 15.5. The first-order chi connectivity index (χ1) is 23.4. The van der Waals surface area contributed by atoms with Crippen LogP contribution in [0, 0.1) is 0 Å². The maximum atomic E-state index is 12.8. The molecule has 13 heteroatoms. The standard InChI is InChI=1S/C35H36N6O7/c1-2-33(38-24-8-11-29-31(19-24)46-17-15-44-29)41(13-14-48-35(43)39-25-9-12-30-32(20-25)47-18-16-45-30)22-23-7-10-28(37-21-23)34(42)40-27-6-4-3-5-26(27)36/h2-12,19-21,38H,13-18,22,36H2,1H3,(H,39,43)(H,40,42)/b33-2-. The third kappa shape index (κ3) is 7.99. The van der Waals surface area contributed by atoms with Gasteiger partial charge in [-0.25, -0.2) is 4.79 Å². The summed E-state index contributed by atoms with van der Waals surface area (Å²) < 4.78 is 28.1. The summed E-state index contributed by atoms with van der Waals surface area (Å²) in [4.78, 5) is 31.9. The van der Waals surface area contributed by atoms with Gasteiger partial charge >= 0.3 is 6.09 Å². The van der Waals surface area contributed by atoms with E-state index in [0.717, 1.165) is 17.1 Å². The Hall–Kier alpha value is -6.11. The van der Waals surface area contributed by atoms with Crippen molar-refractivity contribution < 1.29 is 33.3 Å². The number of hydrogen-bond acceptors (Lipinski definition) is 11. The van der Waals surface area contributed by atoms with Crippen LogP contribution >= 0.6 is 0 Å². The minimum Gasteiger partial charge on any atom is -0.486 e. The molecule has 6 rings (SSSR count). The molecule has 2 aliphatic rings. The van der Waals surface area contributed by atoms with E-state index in [0.29, 0.717) is 79.6 Å². The lowest BCUT2D eigenvalue weighted by molar-refractivity contribution is 0.102. The van der Waals surface area contributed by atoms with Crippen molar-refractivity contribution in [3.63, 3.8) is 0 Å². The Morgan fingerprint density at radius 1 is 0.833 bits per heavy atom. The first kappa shape index (κ1) is 31.9. The summed E-state index contributed by atoms with van der Waals surface area (Å²) in [6.45, 7) is 4.61. The van der Waals surface area contributed by atoms with Crippen LogP contribution in [-0.4, -0.2) is 61.5 Å². The monoisotopic (exact) mass is 652 g/mol. The number of pyridine rings is 1. The Morgan fingerprint density at radius 2 is 1.48 bits per heavy atom. The summed E-state index contributed by atoms with van der Waals surface area (Å²) in [7, 11) is 0. The molecule has 0 bridgehead atoms. The van der Waals surface area contributed by atoms with Crippen molar-refractivity contribution in [2.24, 2.45) is 0 Å². The van der Waals surface area contributed by atoms with E-state index in [1.807, 2.05) is 42.2 Å². The number of nitrogen functional groups attached to an aromatic ring is 1. The number of anilines is 4. The number of ether oxygens (including phenoxy) is 5. The zero-order chi connectivity index (χ0) is 33.3. The van der Waals surface area contributed by atoms with Crippen LogP contribution in [0.1, 0.15) is 23.0 Å². The third-order valence-corrected chi connectivity index (χ3v) is 7.45. The number of hydrogen-bond donors (Lipinski definition) is 4. The van der Waals surface area contributed by atoms with Crippen LogP contribution in [0.2, 0.25) is 0 Å². The normalized spacial score (nSPS) is 13.2. The van der Waals surface area contributed by atoms with E-state index in [2.05, 4.69) is 20.9 Å². The second kappa shape index (κ2) is 15.0. The predicted molar refractivity (Wildman–Crippen MR) is 181 cm³/mol. The number of para-hydroxylation sites is 2. The molecule has 3 heterocycles. The molecule has 0 radical (unpaired) electrons. The van der Waals surface area contributed by atoms with Crippen molar-refractivity contribution in [2.75, 3.05) is 61.3 Å². The lowest BCUT2D eigenvalue weighted by atomic mass is 10.2. The number of nitrogens with one attached hydrogen (secondary N) is 3. The number of nitrogens with zero attached hydrogens (tertiary/aromatic N) is 2. The van der Waals surface area contributed by atoms with Crippen LogP contribution in [0.25, 0.3) is 0 Å². The number of amides is 2. The molecule has 248 valence electrons. The number of fused-ring (bicyclic) bond motifs is 2. The van der Waals surface area contributed by atoms with Crippen molar-refractivity contribution in [3.05, 3.63) is 102 Å². The number of aromatic nitrogens is 1. The fourth-order valence-corrected chi connectivity index (χ4v) is 5.08. The molecule has 0 aliphatic carbocycles. The Labute approximate surface area is 277 Å². The van der Waals surface area contributed by atoms with Crippen LogP contribution in [0.3, 0.4) is 0 Å². The number of carbonyl (C=O) groups is 2. The quantitative estimate of drug-likeness (QED) is 0.152. The van der Waals surface area contributed by atoms with Gasteiger partial charge in [0, 0.05) is 36.2 Å². The molecule has 2 aliphatic heterocycles. The van der Waals surface area contributed by atoms with E-state index in [1.165, 1.54) is 0 Å². The maximum Gasteiger partial charge on any atom is 0.411 e. The highest BCUT2D eigenvalue weighted by Gasteiger charge is 2.18. The van der Waals surface area contributed by atoms with Gasteiger partial charge < -0.3 is 45.0 Å². The summed E-state index contributed by atoms with van der Waals surface area (Å²) in [6.07, 6.45) is 2.96. The van der Waals surface area contributed by atoms with E-state index in [1.54, 1.807) is 54.7 Å². The third-order valence-electron chi connectivity index (χ3n) is 7.45. The van der Waals surface area contributed by atoms with Crippen molar-refractivity contribution in [1.82, 2.24) is 9.88 Å². The number of benzene rings is 3. The van der Waals surface area contributed by atoms with Gasteiger partial charge in [0.25, 0.3) is 5.91 Å². The molecule has 2 amide bonds. The van der Waals surface area contributed by atoms with Crippen LogP contribution in [-0.2, 0) is 11.3 Å². The van der Waals surface area contributed by atoms with Gasteiger partial charge in [0.05, 0.1) is 17.9 Å². The molecule has 3 aromatic carbocycles. The fourth-order valence-electron chi connectivity index (χ4n) is 5.08. The number of carbonyl (C=O) groups excluding carboxylic acids is 2. The zero-order valence-electron chi connectivity index (χ0n) is 26.4. The van der Waals surface area contributed by atoms with E-state index in [9.17, 15) is 9.59 Å². The van der Waals surface area contributed by atoms with Crippen LogP contribution in [0.15, 0.2) is 90.9 Å². The molecule has 13 nitrogen and oxygen atoms in total. The van der Waals surface area contributed by atoms with Crippen molar-refractivity contribution in [1.29, 1.82) is 0 Å². The maximum absolute atomic E-state index is 12.8. The van der Waals surface area contributed by atoms with Gasteiger partial charge in [-0.3, -0.25) is 15.1 Å². The molecule has 1 aromatic heterocycles. The van der Waals surface area contributed by atoms with Crippen molar-refractivity contribution in [3.8, 4) is 23.0 Å². The molecule has 0 spiro atoms. The van der Waals surface area contributed by atoms with Crippen molar-refractivity contribution in [2.45, 2.75) is 13.5 Å². The molecular formula is C35H36N6O7. The molecule has 4 aromatic rings. The highest BCUT2D eigenvalue weighted by Crippen LogP contribution is 2.34.